The fraction of sp³-hybridized carbons (Fsp3) is 0.423. The Bertz CT molecular complexity index is 1210. The first-order valence-corrected chi connectivity index (χ1v) is 12.5. The third-order valence-corrected chi connectivity index (χ3v) is 7.75. The summed E-state index contributed by atoms with van der Waals surface area (Å²) in [5.41, 5.74) is 4.66. The quantitative estimate of drug-likeness (QED) is 0.348. The summed E-state index contributed by atoms with van der Waals surface area (Å²) in [6.45, 7) is 0.462. The minimum Gasteiger partial charge on any atom is -0.373 e. The van der Waals surface area contributed by atoms with E-state index in [1.54, 1.807) is 11.5 Å². The summed E-state index contributed by atoms with van der Waals surface area (Å²) >= 11 is 6.47. The number of nitrogens with one attached hydrogen (secondary N) is 1. The lowest BCUT2D eigenvalue weighted by atomic mass is 9.99. The number of hydroxylamine groups is 1. The lowest BCUT2D eigenvalue weighted by Crippen LogP contribution is -2.46. The second-order valence-corrected chi connectivity index (χ2v) is 10.1. The maximum Gasteiger partial charge on any atom is 0.276 e. The van der Waals surface area contributed by atoms with Crippen LogP contribution in [0.2, 0.25) is 5.02 Å². The number of hydrogen-bond acceptors (Lipinski definition) is 7. The lowest BCUT2D eigenvalue weighted by molar-refractivity contribution is 0.0146. The number of aromatic nitrogens is 2. The van der Waals surface area contributed by atoms with Crippen LogP contribution in [-0.2, 0) is 11.3 Å². The average molecular weight is 495 g/mol. The van der Waals surface area contributed by atoms with Crippen molar-refractivity contribution in [3.63, 3.8) is 0 Å². The van der Waals surface area contributed by atoms with Gasteiger partial charge in [0, 0.05) is 35.3 Å². The van der Waals surface area contributed by atoms with Gasteiger partial charge in [-0.15, -0.1) is 0 Å². The van der Waals surface area contributed by atoms with E-state index >= 15 is 0 Å². The molecule has 6 rings (SSSR count). The highest BCUT2D eigenvalue weighted by molar-refractivity contribution is 6.33. The molecule has 1 aliphatic carbocycles. The van der Waals surface area contributed by atoms with Crippen LogP contribution < -0.4 is 10.4 Å². The first-order valence-electron chi connectivity index (χ1n) is 12.2. The maximum atomic E-state index is 11.6. The van der Waals surface area contributed by atoms with Crippen LogP contribution in [0, 0.1) is 0 Å². The molecule has 1 amide bonds. The van der Waals surface area contributed by atoms with Crippen molar-refractivity contribution in [1.82, 2.24) is 15.6 Å². The number of rotatable bonds is 7. The van der Waals surface area contributed by atoms with Crippen molar-refractivity contribution in [2.24, 2.45) is 0 Å². The summed E-state index contributed by atoms with van der Waals surface area (Å²) in [4.78, 5) is 18.5. The van der Waals surface area contributed by atoms with Gasteiger partial charge in [0.05, 0.1) is 23.3 Å². The number of carbonyl (C=O) groups is 1. The van der Waals surface area contributed by atoms with Gasteiger partial charge in [-0.2, -0.15) is 0 Å². The van der Waals surface area contributed by atoms with E-state index in [1.807, 2.05) is 30.3 Å². The standard InChI is InChI=1S/C26H27ClN4O4/c27-22-4-2-1-3-20(22)24-21(25(35-30-24)15-5-6-15)14-34-19-11-17-8-9-18(12-19)31(17)23-10-7-16(13-28-23)26(32)29-33/h1-4,7,10,13,15,17-19,33H,5-6,8-9,11-12,14H2,(H,29,32). The molecule has 2 unspecified atom stereocenters. The molecule has 2 atom stereocenters. The monoisotopic (exact) mass is 494 g/mol. The van der Waals surface area contributed by atoms with E-state index in [1.165, 1.54) is 6.20 Å². The Balaban J connectivity index is 1.16. The normalized spacial score (nSPS) is 23.5. The van der Waals surface area contributed by atoms with Crippen molar-refractivity contribution < 1.29 is 19.3 Å². The van der Waals surface area contributed by atoms with Crippen molar-refractivity contribution >= 4 is 23.3 Å². The molecule has 1 saturated carbocycles. The van der Waals surface area contributed by atoms with Crippen LogP contribution in [0.1, 0.15) is 66.1 Å². The molecule has 2 aliphatic heterocycles. The van der Waals surface area contributed by atoms with Crippen LogP contribution in [0.25, 0.3) is 11.3 Å². The molecule has 35 heavy (non-hydrogen) atoms. The second kappa shape index (κ2) is 9.26. The topological polar surface area (TPSA) is 101 Å². The van der Waals surface area contributed by atoms with E-state index in [2.05, 4.69) is 15.0 Å². The van der Waals surface area contributed by atoms with E-state index in [-0.39, 0.29) is 6.10 Å². The number of benzene rings is 1. The van der Waals surface area contributed by atoms with Crippen molar-refractivity contribution in [1.29, 1.82) is 0 Å². The number of piperidine rings is 1. The molecular weight excluding hydrogens is 468 g/mol. The van der Waals surface area contributed by atoms with E-state index in [4.69, 9.17) is 26.1 Å². The van der Waals surface area contributed by atoms with Gasteiger partial charge >= 0.3 is 0 Å². The van der Waals surface area contributed by atoms with E-state index in [0.717, 1.165) is 66.9 Å². The Morgan fingerprint density at radius 3 is 2.57 bits per heavy atom. The molecule has 3 aromatic rings. The summed E-state index contributed by atoms with van der Waals surface area (Å²) in [6.07, 6.45) is 7.92. The maximum absolute atomic E-state index is 11.6. The number of pyridine rings is 1. The smallest absolute Gasteiger partial charge is 0.276 e. The van der Waals surface area contributed by atoms with Crippen LogP contribution in [0.15, 0.2) is 47.1 Å². The number of carbonyl (C=O) groups excluding carboxylic acids is 1. The third kappa shape index (κ3) is 4.30. The number of amides is 1. The highest BCUT2D eigenvalue weighted by Gasteiger charge is 2.42. The van der Waals surface area contributed by atoms with Crippen molar-refractivity contribution in [2.75, 3.05) is 4.90 Å². The molecule has 8 nitrogen and oxygen atoms in total. The minimum absolute atomic E-state index is 0.143. The molecule has 9 heteroatoms. The van der Waals surface area contributed by atoms with Gasteiger partial charge in [0.15, 0.2) is 0 Å². The lowest BCUT2D eigenvalue weighted by Gasteiger charge is -2.39. The largest absolute Gasteiger partial charge is 0.373 e. The Morgan fingerprint density at radius 2 is 1.91 bits per heavy atom. The third-order valence-electron chi connectivity index (χ3n) is 7.43. The van der Waals surface area contributed by atoms with Crippen molar-refractivity contribution in [3.05, 3.63) is 64.5 Å². The Hall–Kier alpha value is -2.94. The van der Waals surface area contributed by atoms with Crippen LogP contribution in [0.5, 0.6) is 0 Å². The SMILES string of the molecule is O=C(NO)c1ccc(N2C3CCC2CC(OCc2c(-c4ccccc4Cl)noc2C2CC2)C3)nc1. The molecule has 4 heterocycles. The number of ether oxygens (including phenoxy) is 1. The molecule has 2 bridgehead atoms. The average Bonchev–Trinajstić information content (AvgIpc) is 3.59. The highest BCUT2D eigenvalue weighted by atomic mass is 35.5. The number of hydrogen-bond donors (Lipinski definition) is 2. The number of halogens is 1. The molecule has 2 aromatic heterocycles. The summed E-state index contributed by atoms with van der Waals surface area (Å²) < 4.78 is 12.3. The molecule has 182 valence electrons. The van der Waals surface area contributed by atoms with Crippen molar-refractivity contribution in [2.45, 2.75) is 69.2 Å². The summed E-state index contributed by atoms with van der Waals surface area (Å²) in [5, 5.41) is 13.9. The summed E-state index contributed by atoms with van der Waals surface area (Å²) in [6, 6.07) is 12.0. The second-order valence-electron chi connectivity index (χ2n) is 9.67. The van der Waals surface area contributed by atoms with Crippen LogP contribution >= 0.6 is 11.6 Å². The van der Waals surface area contributed by atoms with Gasteiger partial charge in [0.25, 0.3) is 5.91 Å². The number of anilines is 1. The Labute approximate surface area is 208 Å². The fourth-order valence-electron chi connectivity index (χ4n) is 5.57. The van der Waals surface area contributed by atoms with Gasteiger partial charge in [-0.25, -0.2) is 10.5 Å². The van der Waals surface area contributed by atoms with E-state index in [0.29, 0.717) is 35.2 Å². The van der Waals surface area contributed by atoms with E-state index < -0.39 is 5.91 Å². The first-order chi connectivity index (χ1) is 17.1. The van der Waals surface area contributed by atoms with Gasteiger partial charge in [-0.1, -0.05) is 35.0 Å². The fourth-order valence-corrected chi connectivity index (χ4v) is 5.79. The summed E-state index contributed by atoms with van der Waals surface area (Å²) in [7, 11) is 0. The van der Waals surface area contributed by atoms with Crippen LogP contribution in [0.4, 0.5) is 5.82 Å². The minimum atomic E-state index is -0.561. The zero-order valence-corrected chi connectivity index (χ0v) is 19.9. The molecule has 3 aliphatic rings. The van der Waals surface area contributed by atoms with Gasteiger partial charge in [0.1, 0.15) is 17.3 Å². The van der Waals surface area contributed by atoms with Crippen molar-refractivity contribution in [3.8, 4) is 11.3 Å². The summed E-state index contributed by atoms with van der Waals surface area (Å²) in [5.74, 6) is 1.67. The molecule has 0 radical (unpaired) electrons. The predicted molar refractivity (Wildman–Crippen MR) is 130 cm³/mol. The predicted octanol–water partition coefficient (Wildman–Crippen LogP) is 5.10. The van der Waals surface area contributed by atoms with Gasteiger partial charge in [-0.3, -0.25) is 10.0 Å². The van der Waals surface area contributed by atoms with Crippen LogP contribution in [0.3, 0.4) is 0 Å². The van der Waals surface area contributed by atoms with Gasteiger partial charge < -0.3 is 14.2 Å². The first kappa shape index (κ1) is 22.5. The molecule has 2 saturated heterocycles. The molecule has 2 N–H and O–H groups in total. The Kier molecular flexibility index (Phi) is 5.96. The van der Waals surface area contributed by atoms with Gasteiger partial charge in [-0.05, 0) is 56.7 Å². The van der Waals surface area contributed by atoms with Crippen LogP contribution in [-0.4, -0.2) is 39.4 Å². The molecule has 1 aromatic carbocycles. The number of fused-ring (bicyclic) bond motifs is 2. The van der Waals surface area contributed by atoms with E-state index in [9.17, 15) is 4.79 Å². The zero-order chi connectivity index (χ0) is 23.9. The number of nitrogens with zero attached hydrogens (tertiary/aromatic N) is 3. The molecular formula is C26H27ClN4O4. The Morgan fingerprint density at radius 1 is 1.14 bits per heavy atom. The zero-order valence-electron chi connectivity index (χ0n) is 19.2. The molecule has 0 spiro atoms. The van der Waals surface area contributed by atoms with Gasteiger partial charge in [0.2, 0.25) is 0 Å². The highest BCUT2D eigenvalue weighted by Crippen LogP contribution is 2.45. The molecule has 3 fully saturated rings.